The molecule has 3 aromatic rings. The second-order valence-corrected chi connectivity index (χ2v) is 10.8. The summed E-state index contributed by atoms with van der Waals surface area (Å²) in [5, 5.41) is 21.5. The van der Waals surface area contributed by atoms with E-state index in [2.05, 4.69) is 9.62 Å². The lowest BCUT2D eigenvalue weighted by Crippen LogP contribution is -2.36. The largest absolute Gasteiger partial charge is 0.508 e. The maximum absolute atomic E-state index is 11.3. The van der Waals surface area contributed by atoms with Crippen LogP contribution in [0.3, 0.4) is 0 Å². The summed E-state index contributed by atoms with van der Waals surface area (Å²) in [6, 6.07) is 19.0. The molecule has 0 bridgehead atoms. The number of nitrogens with one attached hydrogen (secondary N) is 1. The van der Waals surface area contributed by atoms with Gasteiger partial charge in [-0.05, 0) is 66.1 Å². The molecule has 0 saturated heterocycles. The van der Waals surface area contributed by atoms with Gasteiger partial charge in [0.1, 0.15) is 24.2 Å². The molecular formula is C25H29Cl3N2O5S. The van der Waals surface area contributed by atoms with E-state index in [1.165, 1.54) is 0 Å². The van der Waals surface area contributed by atoms with Gasteiger partial charge in [-0.1, -0.05) is 41.4 Å². The Balaban J connectivity index is 0.00000456. The van der Waals surface area contributed by atoms with Crippen molar-refractivity contribution in [3.05, 3.63) is 87.9 Å². The van der Waals surface area contributed by atoms with E-state index in [-0.39, 0.29) is 24.8 Å². The molecule has 0 aliphatic carbocycles. The summed E-state index contributed by atoms with van der Waals surface area (Å²) in [7, 11) is -3.35. The second kappa shape index (κ2) is 13.9. The Morgan fingerprint density at radius 1 is 1.00 bits per heavy atom. The number of rotatable bonds is 12. The Morgan fingerprint density at radius 2 is 1.72 bits per heavy atom. The van der Waals surface area contributed by atoms with E-state index < -0.39 is 16.1 Å². The maximum Gasteiger partial charge on any atom is 0.229 e. The fraction of sp³-hybridized carbons (Fsp3) is 0.280. The lowest BCUT2D eigenvalue weighted by atomic mass is 10.1. The number of phenolic OH excluding ortho intramolecular Hbond substituents is 1. The van der Waals surface area contributed by atoms with Crippen molar-refractivity contribution in [3.63, 3.8) is 0 Å². The number of anilines is 1. The molecule has 0 aliphatic heterocycles. The molecule has 7 nitrogen and oxygen atoms in total. The Hall–Kier alpha value is -2.20. The van der Waals surface area contributed by atoms with E-state index >= 15 is 0 Å². The van der Waals surface area contributed by atoms with Crippen LogP contribution in [0.15, 0.2) is 66.7 Å². The minimum absolute atomic E-state index is 0. The van der Waals surface area contributed by atoms with E-state index in [4.69, 9.17) is 27.9 Å². The van der Waals surface area contributed by atoms with Gasteiger partial charge < -0.3 is 14.9 Å². The lowest BCUT2D eigenvalue weighted by Gasteiger charge is -2.25. The van der Waals surface area contributed by atoms with E-state index in [1.807, 2.05) is 18.2 Å². The van der Waals surface area contributed by atoms with Crippen LogP contribution in [-0.4, -0.2) is 55.6 Å². The molecule has 36 heavy (non-hydrogen) atoms. The van der Waals surface area contributed by atoms with Gasteiger partial charge in [-0.25, -0.2) is 8.42 Å². The smallest absolute Gasteiger partial charge is 0.229 e. The van der Waals surface area contributed by atoms with E-state index in [1.54, 1.807) is 48.5 Å². The highest BCUT2D eigenvalue weighted by Gasteiger charge is 2.15. The van der Waals surface area contributed by atoms with Gasteiger partial charge in [-0.3, -0.25) is 9.62 Å². The Labute approximate surface area is 228 Å². The number of aliphatic hydroxyl groups excluding tert-OH is 1. The van der Waals surface area contributed by atoms with E-state index in [0.29, 0.717) is 47.5 Å². The molecule has 3 aromatic carbocycles. The van der Waals surface area contributed by atoms with Crippen LogP contribution in [0.1, 0.15) is 11.1 Å². The predicted octanol–water partition coefficient (Wildman–Crippen LogP) is 4.98. The summed E-state index contributed by atoms with van der Waals surface area (Å²) in [6.45, 7) is 1.56. The predicted molar refractivity (Wildman–Crippen MR) is 147 cm³/mol. The van der Waals surface area contributed by atoms with Gasteiger partial charge in [0.15, 0.2) is 0 Å². The standard InChI is InChI=1S/C25H28Cl2N2O5S.ClH/c1-35(32,33)28-20-6-8-23(9-7-20)34-17-22(31)16-29(15-19-3-2-4-21(30)13-19)12-11-18-5-10-24(26)25(27)14-18;/h2-10,13-14,22,28,30-31H,11-12,15-17H2,1H3;1H. The zero-order valence-electron chi connectivity index (χ0n) is 19.6. The number of sulfonamides is 1. The average molecular weight is 576 g/mol. The first-order valence-corrected chi connectivity index (χ1v) is 13.5. The van der Waals surface area contributed by atoms with Crippen LogP contribution in [0.2, 0.25) is 10.0 Å². The number of phenols is 1. The first kappa shape index (κ1) is 30.0. The van der Waals surface area contributed by atoms with Crippen molar-refractivity contribution in [3.8, 4) is 11.5 Å². The second-order valence-electron chi connectivity index (χ2n) is 8.27. The fourth-order valence-electron chi connectivity index (χ4n) is 3.51. The fourth-order valence-corrected chi connectivity index (χ4v) is 4.39. The molecule has 0 fully saturated rings. The highest BCUT2D eigenvalue weighted by atomic mass is 35.5. The molecule has 196 valence electrons. The third-order valence-corrected chi connectivity index (χ3v) is 6.43. The zero-order chi connectivity index (χ0) is 25.4. The third-order valence-electron chi connectivity index (χ3n) is 5.09. The first-order chi connectivity index (χ1) is 16.6. The molecule has 3 rings (SSSR count). The summed E-state index contributed by atoms with van der Waals surface area (Å²) in [6.07, 6.45) is 0.991. The molecule has 0 radical (unpaired) electrons. The summed E-state index contributed by atoms with van der Waals surface area (Å²) < 4.78 is 30.7. The summed E-state index contributed by atoms with van der Waals surface area (Å²) in [4.78, 5) is 2.07. The SMILES string of the molecule is CS(=O)(=O)Nc1ccc(OCC(O)CN(CCc2ccc(Cl)c(Cl)c2)Cc2cccc(O)c2)cc1.Cl. The quantitative estimate of drug-likeness (QED) is 0.282. The topological polar surface area (TPSA) is 99.1 Å². The summed E-state index contributed by atoms with van der Waals surface area (Å²) >= 11 is 12.2. The monoisotopic (exact) mass is 574 g/mol. The minimum atomic E-state index is -3.35. The highest BCUT2D eigenvalue weighted by Crippen LogP contribution is 2.23. The molecule has 0 heterocycles. The number of benzene rings is 3. The van der Waals surface area contributed by atoms with Crippen molar-refractivity contribution in [1.29, 1.82) is 0 Å². The Kier molecular flexibility index (Phi) is 11.6. The van der Waals surface area contributed by atoms with Gasteiger partial charge in [0.2, 0.25) is 10.0 Å². The van der Waals surface area contributed by atoms with Crippen molar-refractivity contribution in [2.24, 2.45) is 0 Å². The number of hydrogen-bond acceptors (Lipinski definition) is 6. The van der Waals surface area contributed by atoms with Crippen LogP contribution in [-0.2, 0) is 23.0 Å². The van der Waals surface area contributed by atoms with Gasteiger partial charge in [0.05, 0.1) is 16.3 Å². The van der Waals surface area contributed by atoms with Crippen LogP contribution in [0, 0.1) is 0 Å². The molecule has 3 N–H and O–H groups in total. The summed E-state index contributed by atoms with van der Waals surface area (Å²) in [5.74, 6) is 0.697. The molecule has 0 aromatic heterocycles. The third kappa shape index (κ3) is 10.4. The van der Waals surface area contributed by atoms with Gasteiger partial charge in [-0.2, -0.15) is 0 Å². The number of hydrogen-bond donors (Lipinski definition) is 3. The Bertz CT molecular complexity index is 1230. The molecule has 11 heteroatoms. The average Bonchev–Trinajstić information content (AvgIpc) is 2.78. The first-order valence-electron chi connectivity index (χ1n) is 10.9. The van der Waals surface area contributed by atoms with Crippen LogP contribution in [0.25, 0.3) is 0 Å². The van der Waals surface area contributed by atoms with Crippen molar-refractivity contribution >= 4 is 51.3 Å². The van der Waals surface area contributed by atoms with Crippen molar-refractivity contribution in [1.82, 2.24) is 4.90 Å². The van der Waals surface area contributed by atoms with Crippen LogP contribution < -0.4 is 9.46 Å². The number of nitrogens with zero attached hydrogens (tertiary/aromatic N) is 1. The van der Waals surface area contributed by atoms with E-state index in [9.17, 15) is 18.6 Å². The number of halogens is 3. The van der Waals surface area contributed by atoms with E-state index in [0.717, 1.165) is 17.4 Å². The van der Waals surface area contributed by atoms with Crippen molar-refractivity contribution < 1.29 is 23.4 Å². The molecule has 0 aliphatic rings. The van der Waals surface area contributed by atoms with Crippen molar-refractivity contribution in [2.75, 3.05) is 30.7 Å². The van der Waals surface area contributed by atoms with Crippen LogP contribution >= 0.6 is 35.6 Å². The molecule has 0 amide bonds. The number of ether oxygens (including phenoxy) is 1. The Morgan fingerprint density at radius 3 is 2.36 bits per heavy atom. The van der Waals surface area contributed by atoms with Gasteiger partial charge in [0.25, 0.3) is 0 Å². The van der Waals surface area contributed by atoms with Gasteiger partial charge in [0, 0.05) is 25.3 Å². The van der Waals surface area contributed by atoms with Gasteiger partial charge in [-0.15, -0.1) is 12.4 Å². The maximum atomic E-state index is 11.3. The molecule has 0 saturated carbocycles. The summed E-state index contributed by atoms with van der Waals surface area (Å²) in [5.41, 5.74) is 2.37. The normalized spacial score (nSPS) is 12.1. The molecule has 0 spiro atoms. The highest BCUT2D eigenvalue weighted by molar-refractivity contribution is 7.92. The zero-order valence-corrected chi connectivity index (χ0v) is 22.7. The minimum Gasteiger partial charge on any atom is -0.508 e. The number of aromatic hydroxyl groups is 1. The van der Waals surface area contributed by atoms with Crippen molar-refractivity contribution in [2.45, 2.75) is 19.1 Å². The molecular weight excluding hydrogens is 547 g/mol. The number of aliphatic hydroxyl groups is 1. The molecule has 1 atom stereocenters. The van der Waals surface area contributed by atoms with Crippen LogP contribution in [0.5, 0.6) is 11.5 Å². The van der Waals surface area contributed by atoms with Crippen LogP contribution in [0.4, 0.5) is 5.69 Å². The van der Waals surface area contributed by atoms with Gasteiger partial charge >= 0.3 is 0 Å². The molecule has 1 unspecified atom stereocenters. The lowest BCUT2D eigenvalue weighted by molar-refractivity contribution is 0.0659.